The van der Waals surface area contributed by atoms with E-state index in [9.17, 15) is 4.79 Å². The smallest absolute Gasteiger partial charge is 0.251 e. The summed E-state index contributed by atoms with van der Waals surface area (Å²) in [4.78, 5) is 11.9. The van der Waals surface area contributed by atoms with Gasteiger partial charge in [0.15, 0.2) is 0 Å². The molecule has 18 heavy (non-hydrogen) atoms. The predicted octanol–water partition coefficient (Wildman–Crippen LogP) is 3.76. The van der Waals surface area contributed by atoms with Gasteiger partial charge < -0.3 is 5.32 Å². The second kappa shape index (κ2) is 6.20. The Labute approximate surface area is 108 Å². The average molecular weight is 241 g/mol. The molecule has 2 heteroatoms. The van der Waals surface area contributed by atoms with Crippen LogP contribution in [0.15, 0.2) is 42.5 Å². The highest BCUT2D eigenvalue weighted by Crippen LogP contribution is 2.15. The minimum atomic E-state index is 0.0249. The molecule has 94 valence electrons. The van der Waals surface area contributed by atoms with Crippen LogP contribution < -0.4 is 5.32 Å². The molecule has 1 amide bonds. The van der Waals surface area contributed by atoms with Crippen molar-refractivity contribution >= 4 is 16.7 Å². The quantitative estimate of drug-likeness (QED) is 0.793. The fraction of sp³-hybridized carbons (Fsp3) is 0.312. The number of fused-ring (bicyclic) bond motifs is 1. The lowest BCUT2D eigenvalue weighted by atomic mass is 10.1. The fourth-order valence-electron chi connectivity index (χ4n) is 2.01. The summed E-state index contributed by atoms with van der Waals surface area (Å²) in [7, 11) is 0. The number of amides is 1. The van der Waals surface area contributed by atoms with Crippen LogP contribution in [0.5, 0.6) is 0 Å². The Morgan fingerprint density at radius 3 is 2.61 bits per heavy atom. The summed E-state index contributed by atoms with van der Waals surface area (Å²) in [5.41, 5.74) is 0.741. The van der Waals surface area contributed by atoms with Crippen molar-refractivity contribution < 1.29 is 4.79 Å². The first-order valence-corrected chi connectivity index (χ1v) is 6.58. The first kappa shape index (κ1) is 12.6. The molecule has 0 aliphatic heterocycles. The van der Waals surface area contributed by atoms with E-state index in [1.54, 1.807) is 0 Å². The van der Waals surface area contributed by atoms with Crippen molar-refractivity contribution in [2.24, 2.45) is 0 Å². The fourth-order valence-corrected chi connectivity index (χ4v) is 2.01. The van der Waals surface area contributed by atoms with Gasteiger partial charge in [-0.2, -0.15) is 0 Å². The van der Waals surface area contributed by atoms with Gasteiger partial charge in [0.2, 0.25) is 0 Å². The van der Waals surface area contributed by atoms with Crippen LogP contribution in [-0.4, -0.2) is 12.5 Å². The Morgan fingerprint density at radius 2 is 1.83 bits per heavy atom. The maximum absolute atomic E-state index is 11.9. The lowest BCUT2D eigenvalue weighted by Crippen LogP contribution is -2.24. The molecule has 0 fully saturated rings. The monoisotopic (exact) mass is 241 g/mol. The van der Waals surface area contributed by atoms with Gasteiger partial charge in [-0.25, -0.2) is 0 Å². The van der Waals surface area contributed by atoms with Crippen LogP contribution in [0.2, 0.25) is 0 Å². The normalized spacial score (nSPS) is 10.5. The van der Waals surface area contributed by atoms with E-state index in [2.05, 4.69) is 18.3 Å². The van der Waals surface area contributed by atoms with Crippen LogP contribution in [0, 0.1) is 0 Å². The maximum Gasteiger partial charge on any atom is 0.251 e. The first-order chi connectivity index (χ1) is 8.81. The minimum Gasteiger partial charge on any atom is -0.352 e. The second-order valence-corrected chi connectivity index (χ2v) is 4.52. The zero-order valence-electron chi connectivity index (χ0n) is 10.8. The van der Waals surface area contributed by atoms with Gasteiger partial charge in [0, 0.05) is 12.1 Å². The van der Waals surface area contributed by atoms with Crippen molar-refractivity contribution in [1.29, 1.82) is 0 Å². The van der Waals surface area contributed by atoms with Crippen LogP contribution >= 0.6 is 0 Å². The van der Waals surface area contributed by atoms with E-state index in [1.807, 2.05) is 36.4 Å². The molecule has 0 aliphatic rings. The Bertz CT molecular complexity index is 533. The van der Waals surface area contributed by atoms with Crippen molar-refractivity contribution in [3.8, 4) is 0 Å². The Morgan fingerprint density at radius 1 is 1.06 bits per heavy atom. The minimum absolute atomic E-state index is 0.0249. The summed E-state index contributed by atoms with van der Waals surface area (Å²) < 4.78 is 0. The van der Waals surface area contributed by atoms with Gasteiger partial charge in [0.25, 0.3) is 5.91 Å². The molecule has 2 nitrogen and oxygen atoms in total. The molecule has 2 aromatic carbocycles. The number of carbonyl (C=O) groups excluding carboxylic acids is 1. The third kappa shape index (κ3) is 3.10. The summed E-state index contributed by atoms with van der Waals surface area (Å²) in [6.45, 7) is 2.92. The zero-order chi connectivity index (χ0) is 12.8. The number of benzene rings is 2. The number of nitrogens with one attached hydrogen (secondary N) is 1. The lowest BCUT2D eigenvalue weighted by molar-refractivity contribution is 0.0953. The van der Waals surface area contributed by atoms with E-state index in [-0.39, 0.29) is 5.91 Å². The van der Waals surface area contributed by atoms with Crippen molar-refractivity contribution in [2.75, 3.05) is 6.54 Å². The van der Waals surface area contributed by atoms with Gasteiger partial charge in [0.1, 0.15) is 0 Å². The number of unbranched alkanes of at least 4 members (excludes halogenated alkanes) is 2. The first-order valence-electron chi connectivity index (χ1n) is 6.58. The van der Waals surface area contributed by atoms with E-state index >= 15 is 0 Å². The molecule has 1 N–H and O–H groups in total. The van der Waals surface area contributed by atoms with Crippen LogP contribution in [0.3, 0.4) is 0 Å². The van der Waals surface area contributed by atoms with Crippen LogP contribution in [0.25, 0.3) is 10.8 Å². The van der Waals surface area contributed by atoms with Crippen LogP contribution in [0.1, 0.15) is 36.5 Å². The standard InChI is InChI=1S/C16H19NO/c1-2-3-6-11-17-16(18)15-10-9-13-7-4-5-8-14(13)12-15/h4-5,7-10,12H,2-3,6,11H2,1H3,(H,17,18). The number of hydrogen-bond acceptors (Lipinski definition) is 1. The van der Waals surface area contributed by atoms with E-state index in [0.717, 1.165) is 30.3 Å². The highest BCUT2D eigenvalue weighted by atomic mass is 16.1. The second-order valence-electron chi connectivity index (χ2n) is 4.52. The molecule has 0 radical (unpaired) electrons. The van der Waals surface area contributed by atoms with E-state index in [0.29, 0.717) is 0 Å². The van der Waals surface area contributed by atoms with Gasteiger partial charge in [0.05, 0.1) is 0 Å². The topological polar surface area (TPSA) is 29.1 Å². The van der Waals surface area contributed by atoms with Gasteiger partial charge >= 0.3 is 0 Å². The van der Waals surface area contributed by atoms with Gasteiger partial charge in [-0.05, 0) is 29.3 Å². The van der Waals surface area contributed by atoms with Crippen molar-refractivity contribution in [3.05, 3.63) is 48.0 Å². The molecule has 0 spiro atoms. The molecule has 0 saturated heterocycles. The SMILES string of the molecule is CCCCCNC(=O)c1ccc2ccccc2c1. The summed E-state index contributed by atoms with van der Waals surface area (Å²) in [6.07, 6.45) is 3.39. The highest BCUT2D eigenvalue weighted by Gasteiger charge is 2.05. The molecule has 0 atom stereocenters. The molecule has 0 aliphatic carbocycles. The van der Waals surface area contributed by atoms with Gasteiger partial charge in [-0.1, -0.05) is 50.1 Å². The van der Waals surface area contributed by atoms with E-state index < -0.39 is 0 Å². The lowest BCUT2D eigenvalue weighted by Gasteiger charge is -2.05. The average Bonchev–Trinajstić information content (AvgIpc) is 2.43. The van der Waals surface area contributed by atoms with Gasteiger partial charge in [-0.3, -0.25) is 4.79 Å². The molecule has 2 rings (SSSR count). The number of rotatable bonds is 5. The summed E-state index contributed by atoms with van der Waals surface area (Å²) in [6, 6.07) is 13.9. The third-order valence-corrected chi connectivity index (χ3v) is 3.08. The van der Waals surface area contributed by atoms with Crippen LogP contribution in [0.4, 0.5) is 0 Å². The Balaban J connectivity index is 2.04. The molecular formula is C16H19NO. The largest absolute Gasteiger partial charge is 0.352 e. The highest BCUT2D eigenvalue weighted by molar-refractivity contribution is 5.98. The maximum atomic E-state index is 11.9. The summed E-state index contributed by atoms with van der Waals surface area (Å²) >= 11 is 0. The molecular weight excluding hydrogens is 222 g/mol. The number of carbonyl (C=O) groups is 1. The number of hydrogen-bond donors (Lipinski definition) is 1. The zero-order valence-corrected chi connectivity index (χ0v) is 10.8. The Hall–Kier alpha value is -1.83. The predicted molar refractivity (Wildman–Crippen MR) is 75.8 cm³/mol. The summed E-state index contributed by atoms with van der Waals surface area (Å²) in [5, 5.41) is 5.24. The molecule has 2 aromatic rings. The molecule has 0 aromatic heterocycles. The van der Waals surface area contributed by atoms with E-state index in [1.165, 1.54) is 11.8 Å². The van der Waals surface area contributed by atoms with Gasteiger partial charge in [-0.15, -0.1) is 0 Å². The summed E-state index contributed by atoms with van der Waals surface area (Å²) in [5.74, 6) is 0.0249. The van der Waals surface area contributed by atoms with Crippen molar-refractivity contribution in [3.63, 3.8) is 0 Å². The van der Waals surface area contributed by atoms with E-state index in [4.69, 9.17) is 0 Å². The Kier molecular flexibility index (Phi) is 4.35. The third-order valence-electron chi connectivity index (χ3n) is 3.08. The molecule has 0 heterocycles. The van der Waals surface area contributed by atoms with Crippen molar-refractivity contribution in [1.82, 2.24) is 5.32 Å². The molecule has 0 saturated carbocycles. The molecule has 0 unspecified atom stereocenters. The van der Waals surface area contributed by atoms with Crippen LogP contribution in [-0.2, 0) is 0 Å². The van der Waals surface area contributed by atoms with Crippen molar-refractivity contribution in [2.45, 2.75) is 26.2 Å². The molecule has 0 bridgehead atoms.